The second kappa shape index (κ2) is 8.89. The van der Waals surface area contributed by atoms with Crippen LogP contribution in [-0.2, 0) is 16.6 Å². The molecule has 0 unspecified atom stereocenters. The van der Waals surface area contributed by atoms with Gasteiger partial charge in [0.25, 0.3) is 11.5 Å². The molecule has 0 atom stereocenters. The lowest BCUT2D eigenvalue weighted by Gasteiger charge is -2.31. The molecule has 1 saturated heterocycles. The SMILES string of the molecule is COC(=O)CC1CCN(C(=O)c2cnc(-c3ccc(C(=N)N)cc3)n(C)c2=O)CC1. The number of nitrogens with two attached hydrogens (primary N) is 1. The molecule has 0 aliphatic carbocycles. The number of ether oxygens (including phenoxy) is 1. The van der Waals surface area contributed by atoms with Crippen LogP contribution in [0.3, 0.4) is 0 Å². The van der Waals surface area contributed by atoms with Crippen molar-refractivity contribution in [1.29, 1.82) is 5.41 Å². The zero-order valence-electron chi connectivity index (χ0n) is 17.1. The highest BCUT2D eigenvalue weighted by Gasteiger charge is 2.27. The summed E-state index contributed by atoms with van der Waals surface area (Å²) in [4.78, 5) is 43.1. The van der Waals surface area contributed by atoms with Crippen LogP contribution in [0.15, 0.2) is 35.3 Å². The Kier molecular flexibility index (Phi) is 6.29. The molecule has 9 nitrogen and oxygen atoms in total. The Balaban J connectivity index is 1.75. The van der Waals surface area contributed by atoms with E-state index in [-0.39, 0.29) is 29.2 Å². The van der Waals surface area contributed by atoms with E-state index in [0.717, 1.165) is 0 Å². The molecule has 0 bridgehead atoms. The fourth-order valence-corrected chi connectivity index (χ4v) is 3.59. The maximum atomic E-state index is 12.9. The third kappa shape index (κ3) is 4.40. The minimum atomic E-state index is -0.419. The highest BCUT2D eigenvalue weighted by atomic mass is 16.5. The van der Waals surface area contributed by atoms with Crippen LogP contribution in [0.2, 0.25) is 0 Å². The molecule has 2 heterocycles. The van der Waals surface area contributed by atoms with Gasteiger partial charge in [0, 0.05) is 43.9 Å². The van der Waals surface area contributed by atoms with E-state index in [1.54, 1.807) is 36.2 Å². The average molecular weight is 411 g/mol. The van der Waals surface area contributed by atoms with Crippen LogP contribution in [0.4, 0.5) is 0 Å². The summed E-state index contributed by atoms with van der Waals surface area (Å²) in [5.74, 6) is -0.0335. The normalized spacial score (nSPS) is 14.4. The van der Waals surface area contributed by atoms with Crippen molar-refractivity contribution in [2.75, 3.05) is 20.2 Å². The van der Waals surface area contributed by atoms with Crippen LogP contribution >= 0.6 is 0 Å². The van der Waals surface area contributed by atoms with Crippen molar-refractivity contribution in [3.63, 3.8) is 0 Å². The number of nitrogens with zero attached hydrogens (tertiary/aromatic N) is 3. The lowest BCUT2D eigenvalue weighted by molar-refractivity contribution is -0.142. The number of esters is 1. The minimum absolute atomic E-state index is 0.0213. The Hall–Kier alpha value is -3.49. The molecule has 30 heavy (non-hydrogen) atoms. The first-order valence-corrected chi connectivity index (χ1v) is 9.68. The van der Waals surface area contributed by atoms with Gasteiger partial charge in [0.2, 0.25) is 0 Å². The molecule has 0 spiro atoms. The Morgan fingerprint density at radius 1 is 1.23 bits per heavy atom. The third-order valence-electron chi connectivity index (χ3n) is 5.44. The van der Waals surface area contributed by atoms with Crippen LogP contribution in [0, 0.1) is 11.3 Å². The van der Waals surface area contributed by atoms with E-state index in [0.29, 0.717) is 49.3 Å². The summed E-state index contributed by atoms with van der Waals surface area (Å²) in [7, 11) is 2.94. The lowest BCUT2D eigenvalue weighted by Crippen LogP contribution is -2.42. The number of amidine groups is 1. The van der Waals surface area contributed by atoms with E-state index in [4.69, 9.17) is 15.9 Å². The van der Waals surface area contributed by atoms with Crippen LogP contribution in [-0.4, -0.2) is 52.4 Å². The lowest BCUT2D eigenvalue weighted by atomic mass is 9.93. The molecule has 3 N–H and O–H groups in total. The molecular weight excluding hydrogens is 386 g/mol. The maximum Gasteiger partial charge on any atom is 0.305 e. The number of carbonyl (C=O) groups is 2. The number of aromatic nitrogens is 2. The third-order valence-corrected chi connectivity index (χ3v) is 5.44. The van der Waals surface area contributed by atoms with Gasteiger partial charge in [0.1, 0.15) is 17.2 Å². The van der Waals surface area contributed by atoms with Crippen LogP contribution in [0.1, 0.15) is 35.2 Å². The molecule has 1 aliphatic heterocycles. The van der Waals surface area contributed by atoms with Crippen molar-refractivity contribution in [3.8, 4) is 11.4 Å². The van der Waals surface area contributed by atoms with Gasteiger partial charge in [-0.2, -0.15) is 0 Å². The number of carbonyl (C=O) groups excluding carboxylic acids is 2. The van der Waals surface area contributed by atoms with Gasteiger partial charge in [-0.25, -0.2) is 4.98 Å². The standard InChI is InChI=1S/C21H25N5O4/c1-25-19(15-5-3-14(4-6-15)18(22)23)24-12-16(20(25)28)21(29)26-9-7-13(8-10-26)11-17(27)30-2/h3-6,12-13H,7-11H2,1-2H3,(H3,22,23). The predicted molar refractivity (Wildman–Crippen MR) is 111 cm³/mol. The Labute approximate surface area is 174 Å². The molecule has 1 amide bonds. The van der Waals surface area contributed by atoms with Gasteiger partial charge < -0.3 is 15.4 Å². The van der Waals surface area contributed by atoms with E-state index in [2.05, 4.69) is 4.98 Å². The number of likely N-dealkylation sites (tertiary alicyclic amines) is 1. The summed E-state index contributed by atoms with van der Waals surface area (Å²) in [6.45, 7) is 0.968. The van der Waals surface area contributed by atoms with Gasteiger partial charge in [-0.3, -0.25) is 24.4 Å². The summed E-state index contributed by atoms with van der Waals surface area (Å²) >= 11 is 0. The first-order chi connectivity index (χ1) is 14.3. The average Bonchev–Trinajstić information content (AvgIpc) is 2.75. The number of nitrogens with one attached hydrogen (secondary N) is 1. The van der Waals surface area contributed by atoms with Crippen LogP contribution in [0.5, 0.6) is 0 Å². The molecule has 9 heteroatoms. The Morgan fingerprint density at radius 2 is 1.87 bits per heavy atom. The van der Waals surface area contributed by atoms with Crippen molar-refractivity contribution < 1.29 is 14.3 Å². The molecule has 1 aromatic carbocycles. The maximum absolute atomic E-state index is 12.9. The number of nitrogen functional groups attached to an aromatic ring is 1. The van der Waals surface area contributed by atoms with Gasteiger partial charge in [0.15, 0.2) is 0 Å². The van der Waals surface area contributed by atoms with Crippen LogP contribution < -0.4 is 11.3 Å². The quantitative estimate of drug-likeness (QED) is 0.431. The fraction of sp³-hybridized carbons (Fsp3) is 0.381. The van der Waals surface area contributed by atoms with Crippen LogP contribution in [0.25, 0.3) is 11.4 Å². The summed E-state index contributed by atoms with van der Waals surface area (Å²) in [5.41, 5.74) is 6.33. The molecule has 1 aliphatic rings. The summed E-state index contributed by atoms with van der Waals surface area (Å²) < 4.78 is 6.05. The number of hydrogen-bond acceptors (Lipinski definition) is 6. The summed E-state index contributed by atoms with van der Waals surface area (Å²) in [5, 5.41) is 7.46. The van der Waals surface area contributed by atoms with E-state index in [1.807, 2.05) is 0 Å². The zero-order valence-corrected chi connectivity index (χ0v) is 17.1. The minimum Gasteiger partial charge on any atom is -0.469 e. The zero-order chi connectivity index (χ0) is 21.8. The second-order valence-electron chi connectivity index (χ2n) is 7.37. The predicted octanol–water partition coefficient (Wildman–Crippen LogP) is 1.15. The van der Waals surface area contributed by atoms with Crippen molar-refractivity contribution in [1.82, 2.24) is 14.5 Å². The Bertz CT molecular complexity index is 1020. The molecule has 2 aromatic rings. The number of amides is 1. The van der Waals surface area contributed by atoms with E-state index < -0.39 is 5.56 Å². The first kappa shape index (κ1) is 21.2. The number of methoxy groups -OCH3 is 1. The van der Waals surface area contributed by atoms with E-state index in [1.165, 1.54) is 17.9 Å². The largest absolute Gasteiger partial charge is 0.469 e. The molecule has 0 radical (unpaired) electrons. The highest BCUT2D eigenvalue weighted by molar-refractivity contribution is 5.95. The fourth-order valence-electron chi connectivity index (χ4n) is 3.59. The molecule has 1 aromatic heterocycles. The number of piperidine rings is 1. The molecule has 158 valence electrons. The van der Waals surface area contributed by atoms with Gasteiger partial charge in [0.05, 0.1) is 7.11 Å². The van der Waals surface area contributed by atoms with Gasteiger partial charge in [-0.1, -0.05) is 24.3 Å². The first-order valence-electron chi connectivity index (χ1n) is 9.68. The van der Waals surface area contributed by atoms with Crippen molar-refractivity contribution >= 4 is 17.7 Å². The molecular formula is C21H25N5O4. The van der Waals surface area contributed by atoms with Gasteiger partial charge in [-0.05, 0) is 18.8 Å². The van der Waals surface area contributed by atoms with Crippen molar-refractivity contribution in [3.05, 3.63) is 51.9 Å². The number of hydrogen-bond donors (Lipinski definition) is 2. The summed E-state index contributed by atoms with van der Waals surface area (Å²) in [6.07, 6.45) is 3.04. The smallest absolute Gasteiger partial charge is 0.305 e. The second-order valence-corrected chi connectivity index (χ2v) is 7.37. The molecule has 3 rings (SSSR count). The summed E-state index contributed by atoms with van der Waals surface area (Å²) in [6, 6.07) is 6.82. The van der Waals surface area contributed by atoms with Gasteiger partial charge >= 0.3 is 5.97 Å². The monoisotopic (exact) mass is 411 g/mol. The van der Waals surface area contributed by atoms with E-state index >= 15 is 0 Å². The highest BCUT2D eigenvalue weighted by Crippen LogP contribution is 2.22. The molecule has 1 fully saturated rings. The number of benzene rings is 1. The Morgan fingerprint density at radius 3 is 2.43 bits per heavy atom. The van der Waals surface area contributed by atoms with Gasteiger partial charge in [-0.15, -0.1) is 0 Å². The van der Waals surface area contributed by atoms with Crippen molar-refractivity contribution in [2.24, 2.45) is 18.7 Å². The number of rotatable bonds is 5. The molecule has 0 saturated carbocycles. The topological polar surface area (TPSA) is 131 Å². The van der Waals surface area contributed by atoms with Crippen molar-refractivity contribution in [2.45, 2.75) is 19.3 Å². The van der Waals surface area contributed by atoms with E-state index in [9.17, 15) is 14.4 Å².